The normalized spacial score (nSPS) is 11.6. The Balaban J connectivity index is 2.24. The number of nitrogens with one attached hydrogen (secondary N) is 1. The summed E-state index contributed by atoms with van der Waals surface area (Å²) in [7, 11) is 0. The van der Waals surface area contributed by atoms with Crippen LogP contribution in [0, 0.1) is 12.7 Å². The number of hydrogen-bond acceptors (Lipinski definition) is 1. The van der Waals surface area contributed by atoms with Crippen LogP contribution in [0.5, 0.6) is 0 Å². The average Bonchev–Trinajstić information content (AvgIpc) is 2.86. The van der Waals surface area contributed by atoms with E-state index in [2.05, 4.69) is 9.97 Å². The molecule has 3 aromatic rings. The fourth-order valence-corrected chi connectivity index (χ4v) is 2.38. The summed E-state index contributed by atoms with van der Waals surface area (Å²) in [6, 6.07) is 8.93. The molecule has 2 aromatic heterocycles. The Labute approximate surface area is 117 Å². The number of aromatic nitrogens is 2. The third kappa shape index (κ3) is 2.11. The second-order valence-corrected chi connectivity index (χ2v) is 4.80. The number of allylic oxidation sites excluding steroid dienone is 1. The minimum Gasteiger partial charge on any atom is -0.354 e. The van der Waals surface area contributed by atoms with Crippen LogP contribution in [0.15, 0.2) is 42.6 Å². The molecule has 0 aliphatic heterocycles. The summed E-state index contributed by atoms with van der Waals surface area (Å²) in [4.78, 5) is 7.59. The monoisotopic (exact) mass is 266 g/mol. The second-order valence-electron chi connectivity index (χ2n) is 4.80. The summed E-state index contributed by atoms with van der Waals surface area (Å²) >= 11 is 0. The molecule has 0 saturated carbocycles. The number of halogens is 1. The lowest BCUT2D eigenvalue weighted by molar-refractivity contribution is 0.640. The van der Waals surface area contributed by atoms with Crippen molar-refractivity contribution in [3.63, 3.8) is 0 Å². The molecule has 2 nitrogen and oxygen atoms in total. The van der Waals surface area contributed by atoms with Gasteiger partial charge in [-0.25, -0.2) is 4.39 Å². The Kier molecular flexibility index (Phi) is 3.11. The molecule has 100 valence electrons. The van der Waals surface area contributed by atoms with Crippen LogP contribution in [0.25, 0.3) is 28.2 Å². The molecule has 2 heterocycles. The first kappa shape index (κ1) is 12.6. The lowest BCUT2D eigenvalue weighted by Gasteiger charge is -2.05. The Bertz CT molecular complexity index is 800. The zero-order chi connectivity index (χ0) is 14.1. The number of fused-ring (bicyclic) bond motifs is 1. The SMILES string of the molecule is C/C=C\c1cnc(C)cc1-c1cc2c(F)cccc2[nH]1. The van der Waals surface area contributed by atoms with Gasteiger partial charge in [-0.3, -0.25) is 4.98 Å². The molecule has 0 bridgehead atoms. The van der Waals surface area contributed by atoms with E-state index >= 15 is 0 Å². The van der Waals surface area contributed by atoms with Crippen LogP contribution in [-0.2, 0) is 0 Å². The van der Waals surface area contributed by atoms with Crippen LogP contribution in [0.1, 0.15) is 18.2 Å². The van der Waals surface area contributed by atoms with Crippen molar-refractivity contribution >= 4 is 17.0 Å². The van der Waals surface area contributed by atoms with Gasteiger partial charge in [0.25, 0.3) is 0 Å². The molecule has 0 fully saturated rings. The number of benzene rings is 1. The van der Waals surface area contributed by atoms with Gasteiger partial charge in [-0.2, -0.15) is 0 Å². The highest BCUT2D eigenvalue weighted by atomic mass is 19.1. The van der Waals surface area contributed by atoms with Gasteiger partial charge in [0.15, 0.2) is 0 Å². The van der Waals surface area contributed by atoms with E-state index in [0.717, 1.165) is 28.0 Å². The van der Waals surface area contributed by atoms with Gasteiger partial charge < -0.3 is 4.98 Å². The van der Waals surface area contributed by atoms with Crippen LogP contribution < -0.4 is 0 Å². The van der Waals surface area contributed by atoms with E-state index < -0.39 is 0 Å². The highest BCUT2D eigenvalue weighted by molar-refractivity contribution is 5.88. The smallest absolute Gasteiger partial charge is 0.132 e. The summed E-state index contributed by atoms with van der Waals surface area (Å²) in [6.45, 7) is 3.92. The predicted octanol–water partition coefficient (Wildman–Crippen LogP) is 4.71. The highest BCUT2D eigenvalue weighted by Crippen LogP contribution is 2.29. The number of hydrogen-bond donors (Lipinski definition) is 1. The van der Waals surface area contributed by atoms with Gasteiger partial charge in [-0.1, -0.05) is 18.2 Å². The van der Waals surface area contributed by atoms with E-state index in [-0.39, 0.29) is 5.82 Å². The molecule has 0 amide bonds. The number of nitrogens with zero attached hydrogens (tertiary/aromatic N) is 1. The molecular formula is C17H15FN2. The first-order chi connectivity index (χ1) is 9.69. The minimum absolute atomic E-state index is 0.205. The van der Waals surface area contributed by atoms with Gasteiger partial charge in [-0.05, 0) is 38.1 Å². The van der Waals surface area contributed by atoms with Crippen LogP contribution in [0.2, 0.25) is 0 Å². The van der Waals surface area contributed by atoms with E-state index in [1.807, 2.05) is 50.4 Å². The van der Waals surface area contributed by atoms with Gasteiger partial charge in [0.1, 0.15) is 5.82 Å². The van der Waals surface area contributed by atoms with Crippen molar-refractivity contribution in [2.75, 3.05) is 0 Å². The van der Waals surface area contributed by atoms with Gasteiger partial charge in [0.2, 0.25) is 0 Å². The average molecular weight is 266 g/mol. The zero-order valence-electron chi connectivity index (χ0n) is 11.4. The quantitative estimate of drug-likeness (QED) is 0.715. The van der Waals surface area contributed by atoms with Crippen molar-refractivity contribution < 1.29 is 4.39 Å². The first-order valence-electron chi connectivity index (χ1n) is 6.56. The van der Waals surface area contributed by atoms with Crippen molar-refractivity contribution in [3.05, 3.63) is 59.7 Å². The summed E-state index contributed by atoms with van der Waals surface area (Å²) < 4.78 is 13.8. The van der Waals surface area contributed by atoms with Gasteiger partial charge >= 0.3 is 0 Å². The highest BCUT2D eigenvalue weighted by Gasteiger charge is 2.10. The van der Waals surface area contributed by atoms with E-state index in [4.69, 9.17) is 0 Å². The standard InChI is InChI=1S/C17H15FN2/c1-3-5-12-10-19-11(2)8-13(12)17-9-14-15(18)6-4-7-16(14)20-17/h3-10,20H,1-2H3/b5-3-. The third-order valence-electron chi connectivity index (χ3n) is 3.32. The summed E-state index contributed by atoms with van der Waals surface area (Å²) in [5.74, 6) is -0.205. The van der Waals surface area contributed by atoms with Crippen LogP contribution in [-0.4, -0.2) is 9.97 Å². The fourth-order valence-electron chi connectivity index (χ4n) is 2.38. The van der Waals surface area contributed by atoms with Crippen molar-refractivity contribution in [2.24, 2.45) is 0 Å². The number of aromatic amines is 1. The second kappa shape index (κ2) is 4.93. The molecule has 1 aromatic carbocycles. The summed E-state index contributed by atoms with van der Waals surface area (Å²) in [5, 5.41) is 0.614. The first-order valence-corrected chi connectivity index (χ1v) is 6.56. The van der Waals surface area contributed by atoms with Crippen LogP contribution in [0.3, 0.4) is 0 Å². The molecule has 0 aliphatic rings. The summed E-state index contributed by atoms with van der Waals surface area (Å²) in [5.41, 5.74) is 4.70. The van der Waals surface area contributed by atoms with Crippen molar-refractivity contribution in [3.8, 4) is 11.3 Å². The third-order valence-corrected chi connectivity index (χ3v) is 3.32. The maximum absolute atomic E-state index is 13.8. The van der Waals surface area contributed by atoms with Crippen LogP contribution >= 0.6 is 0 Å². The van der Waals surface area contributed by atoms with E-state index in [1.54, 1.807) is 6.07 Å². The van der Waals surface area contributed by atoms with E-state index in [9.17, 15) is 4.39 Å². The topological polar surface area (TPSA) is 28.7 Å². The predicted molar refractivity (Wildman–Crippen MR) is 80.9 cm³/mol. The Morgan fingerprint density at radius 1 is 1.25 bits per heavy atom. The molecule has 20 heavy (non-hydrogen) atoms. The van der Waals surface area contributed by atoms with Gasteiger partial charge in [0.05, 0.1) is 0 Å². The van der Waals surface area contributed by atoms with E-state index in [1.165, 1.54) is 6.07 Å². The lowest BCUT2D eigenvalue weighted by Crippen LogP contribution is -1.88. The van der Waals surface area contributed by atoms with Crippen LogP contribution in [0.4, 0.5) is 4.39 Å². The Morgan fingerprint density at radius 2 is 2.10 bits per heavy atom. The number of pyridine rings is 1. The maximum Gasteiger partial charge on any atom is 0.132 e. The fraction of sp³-hybridized carbons (Fsp3) is 0.118. The molecule has 0 atom stereocenters. The molecule has 0 aliphatic carbocycles. The molecule has 0 saturated heterocycles. The van der Waals surface area contributed by atoms with Gasteiger partial charge in [-0.15, -0.1) is 0 Å². The number of rotatable bonds is 2. The number of aryl methyl sites for hydroxylation is 1. The summed E-state index contributed by atoms with van der Waals surface area (Å²) in [6.07, 6.45) is 5.81. The number of H-pyrrole nitrogens is 1. The maximum atomic E-state index is 13.8. The van der Waals surface area contributed by atoms with Crippen molar-refractivity contribution in [1.82, 2.24) is 9.97 Å². The molecule has 0 spiro atoms. The molecule has 3 rings (SSSR count). The largest absolute Gasteiger partial charge is 0.354 e. The van der Waals surface area contributed by atoms with E-state index in [0.29, 0.717) is 5.39 Å². The van der Waals surface area contributed by atoms with Crippen molar-refractivity contribution in [2.45, 2.75) is 13.8 Å². The Hall–Kier alpha value is -2.42. The molecule has 0 unspecified atom stereocenters. The molecular weight excluding hydrogens is 251 g/mol. The van der Waals surface area contributed by atoms with Crippen molar-refractivity contribution in [1.29, 1.82) is 0 Å². The minimum atomic E-state index is -0.205. The Morgan fingerprint density at radius 3 is 2.85 bits per heavy atom. The molecule has 0 radical (unpaired) electrons. The zero-order valence-corrected chi connectivity index (χ0v) is 11.4. The molecule has 1 N–H and O–H groups in total. The lowest BCUT2D eigenvalue weighted by atomic mass is 10.1. The van der Waals surface area contributed by atoms with Gasteiger partial charge in [0, 0.05) is 39.6 Å². The molecule has 3 heteroatoms.